The fourth-order valence-electron chi connectivity index (χ4n) is 4.13. The van der Waals surface area contributed by atoms with Crippen LogP contribution in [-0.2, 0) is 12.8 Å². The van der Waals surface area contributed by atoms with E-state index in [4.69, 9.17) is 9.97 Å². The molecular formula is C21H28N4O. The molecule has 1 fully saturated rings. The Balaban J connectivity index is 1.79. The Morgan fingerprint density at radius 1 is 1.15 bits per heavy atom. The standard InChI is InChI=1S/C21H28N4O/c1-21(15-26)10-5-13-25(14-21)20-17-8-11-22-12-9-18(17)23-19(24-20)16-6-3-2-4-7-16/h2-4,6-7,22,26H,5,8-15H2,1H3/t21-/m0/s1. The van der Waals surface area contributed by atoms with E-state index in [0.29, 0.717) is 0 Å². The molecule has 5 nitrogen and oxygen atoms in total. The predicted octanol–water partition coefficient (Wildman–Crippen LogP) is 2.43. The Morgan fingerprint density at radius 3 is 2.77 bits per heavy atom. The number of anilines is 1. The van der Waals surface area contributed by atoms with Gasteiger partial charge in [0.15, 0.2) is 5.82 Å². The number of rotatable bonds is 3. The molecule has 5 heteroatoms. The predicted molar refractivity (Wildman–Crippen MR) is 104 cm³/mol. The third-order valence-electron chi connectivity index (χ3n) is 5.66. The molecule has 1 aromatic heterocycles. The number of hydrogen-bond donors (Lipinski definition) is 2. The fraction of sp³-hybridized carbons (Fsp3) is 0.524. The lowest BCUT2D eigenvalue weighted by atomic mass is 9.82. The van der Waals surface area contributed by atoms with Crippen LogP contribution in [-0.4, -0.2) is 47.9 Å². The van der Waals surface area contributed by atoms with Gasteiger partial charge in [0.1, 0.15) is 5.82 Å². The molecule has 0 bridgehead atoms. The van der Waals surface area contributed by atoms with Gasteiger partial charge in [-0.1, -0.05) is 37.3 Å². The molecule has 4 rings (SSSR count). The molecule has 0 saturated carbocycles. The summed E-state index contributed by atoms with van der Waals surface area (Å²) < 4.78 is 0. The van der Waals surface area contributed by atoms with Crippen molar-refractivity contribution in [2.75, 3.05) is 37.7 Å². The van der Waals surface area contributed by atoms with Gasteiger partial charge in [-0.05, 0) is 25.8 Å². The SMILES string of the molecule is C[C@]1(CO)CCCN(c2nc(-c3ccccc3)nc3c2CCNCC3)C1. The van der Waals surface area contributed by atoms with Gasteiger partial charge < -0.3 is 15.3 Å². The second kappa shape index (κ2) is 7.33. The van der Waals surface area contributed by atoms with Crippen molar-refractivity contribution in [1.82, 2.24) is 15.3 Å². The third-order valence-corrected chi connectivity index (χ3v) is 5.66. The van der Waals surface area contributed by atoms with Gasteiger partial charge in [0.05, 0.1) is 12.3 Å². The second-order valence-electron chi connectivity index (χ2n) is 7.91. The number of nitrogens with zero attached hydrogens (tertiary/aromatic N) is 3. The lowest BCUT2D eigenvalue weighted by Gasteiger charge is -2.40. The highest BCUT2D eigenvalue weighted by molar-refractivity contribution is 5.61. The molecule has 1 aromatic carbocycles. The zero-order chi connectivity index (χ0) is 18.0. The van der Waals surface area contributed by atoms with Gasteiger partial charge in [-0.25, -0.2) is 9.97 Å². The first-order valence-electron chi connectivity index (χ1n) is 9.70. The molecule has 1 saturated heterocycles. The quantitative estimate of drug-likeness (QED) is 0.888. The van der Waals surface area contributed by atoms with Gasteiger partial charge in [0.2, 0.25) is 0 Å². The Bertz CT molecular complexity index is 764. The van der Waals surface area contributed by atoms with Crippen molar-refractivity contribution in [3.63, 3.8) is 0 Å². The molecular weight excluding hydrogens is 324 g/mol. The molecule has 0 amide bonds. The molecule has 0 radical (unpaired) electrons. The topological polar surface area (TPSA) is 61.3 Å². The summed E-state index contributed by atoms with van der Waals surface area (Å²) in [6.45, 7) is 6.20. The summed E-state index contributed by atoms with van der Waals surface area (Å²) in [5.74, 6) is 1.90. The number of aliphatic hydroxyl groups is 1. The van der Waals surface area contributed by atoms with E-state index in [2.05, 4.69) is 29.3 Å². The van der Waals surface area contributed by atoms with Crippen LogP contribution >= 0.6 is 0 Å². The van der Waals surface area contributed by atoms with Gasteiger partial charge in [0.25, 0.3) is 0 Å². The summed E-state index contributed by atoms with van der Waals surface area (Å²) in [6, 6.07) is 10.3. The molecule has 2 aliphatic rings. The van der Waals surface area contributed by atoms with Gasteiger partial charge in [-0.15, -0.1) is 0 Å². The maximum absolute atomic E-state index is 9.86. The van der Waals surface area contributed by atoms with E-state index in [9.17, 15) is 5.11 Å². The number of aliphatic hydroxyl groups excluding tert-OH is 1. The summed E-state index contributed by atoms with van der Waals surface area (Å²) in [5, 5.41) is 13.3. The van der Waals surface area contributed by atoms with Crippen molar-refractivity contribution in [2.45, 2.75) is 32.6 Å². The molecule has 0 aliphatic carbocycles. The highest BCUT2D eigenvalue weighted by Crippen LogP contribution is 2.34. The lowest BCUT2D eigenvalue weighted by Crippen LogP contribution is -2.44. The molecule has 0 spiro atoms. The smallest absolute Gasteiger partial charge is 0.161 e. The summed E-state index contributed by atoms with van der Waals surface area (Å²) in [4.78, 5) is 12.3. The van der Waals surface area contributed by atoms with Crippen LogP contribution in [0.4, 0.5) is 5.82 Å². The molecule has 2 aliphatic heterocycles. The minimum absolute atomic E-state index is 0.0496. The highest BCUT2D eigenvalue weighted by atomic mass is 16.3. The number of nitrogens with one attached hydrogen (secondary N) is 1. The molecule has 2 N–H and O–H groups in total. The summed E-state index contributed by atoms with van der Waals surface area (Å²) in [5.41, 5.74) is 3.48. The number of hydrogen-bond acceptors (Lipinski definition) is 5. The molecule has 2 aromatic rings. The van der Waals surface area contributed by atoms with E-state index in [1.165, 1.54) is 11.3 Å². The van der Waals surface area contributed by atoms with Crippen LogP contribution in [0.2, 0.25) is 0 Å². The Hall–Kier alpha value is -1.98. The molecule has 1 atom stereocenters. The summed E-state index contributed by atoms with van der Waals surface area (Å²) >= 11 is 0. The number of piperidine rings is 1. The normalized spacial score (nSPS) is 23.4. The van der Waals surface area contributed by atoms with Gasteiger partial charge >= 0.3 is 0 Å². The maximum Gasteiger partial charge on any atom is 0.161 e. The van der Waals surface area contributed by atoms with E-state index in [1.54, 1.807) is 0 Å². The first-order chi connectivity index (χ1) is 12.7. The van der Waals surface area contributed by atoms with Crippen LogP contribution in [0.1, 0.15) is 31.0 Å². The Kier molecular flexibility index (Phi) is 4.92. The Morgan fingerprint density at radius 2 is 1.96 bits per heavy atom. The summed E-state index contributed by atoms with van der Waals surface area (Å²) in [6.07, 6.45) is 4.07. The average Bonchev–Trinajstić information content (AvgIpc) is 2.93. The van der Waals surface area contributed by atoms with Crippen LogP contribution in [0.25, 0.3) is 11.4 Å². The van der Waals surface area contributed by atoms with Crippen molar-refractivity contribution < 1.29 is 5.11 Å². The molecule has 26 heavy (non-hydrogen) atoms. The van der Waals surface area contributed by atoms with Crippen molar-refractivity contribution >= 4 is 5.82 Å². The zero-order valence-corrected chi connectivity index (χ0v) is 15.5. The van der Waals surface area contributed by atoms with Crippen LogP contribution in [0.3, 0.4) is 0 Å². The van der Waals surface area contributed by atoms with Crippen LogP contribution in [0.15, 0.2) is 30.3 Å². The largest absolute Gasteiger partial charge is 0.396 e. The van der Waals surface area contributed by atoms with Crippen molar-refractivity contribution in [1.29, 1.82) is 0 Å². The highest BCUT2D eigenvalue weighted by Gasteiger charge is 2.33. The van der Waals surface area contributed by atoms with Crippen LogP contribution in [0.5, 0.6) is 0 Å². The summed E-state index contributed by atoms with van der Waals surface area (Å²) in [7, 11) is 0. The van der Waals surface area contributed by atoms with Gasteiger partial charge in [-0.2, -0.15) is 0 Å². The first-order valence-corrected chi connectivity index (χ1v) is 9.70. The van der Waals surface area contributed by atoms with E-state index >= 15 is 0 Å². The molecule has 138 valence electrons. The minimum atomic E-state index is -0.0496. The monoisotopic (exact) mass is 352 g/mol. The second-order valence-corrected chi connectivity index (χ2v) is 7.91. The first kappa shape index (κ1) is 17.4. The van der Waals surface area contributed by atoms with Gasteiger partial charge in [-0.3, -0.25) is 0 Å². The zero-order valence-electron chi connectivity index (χ0n) is 15.5. The minimum Gasteiger partial charge on any atom is -0.396 e. The average molecular weight is 352 g/mol. The van der Waals surface area contributed by atoms with Crippen LogP contribution < -0.4 is 10.2 Å². The number of fused-ring (bicyclic) bond motifs is 1. The Labute approximate surface area is 155 Å². The van der Waals surface area contributed by atoms with E-state index < -0.39 is 0 Å². The van der Waals surface area contributed by atoms with Crippen molar-refractivity contribution in [2.24, 2.45) is 5.41 Å². The number of aromatic nitrogens is 2. The van der Waals surface area contributed by atoms with E-state index in [-0.39, 0.29) is 12.0 Å². The third kappa shape index (κ3) is 3.46. The van der Waals surface area contributed by atoms with Crippen LogP contribution in [0, 0.1) is 5.41 Å². The number of benzene rings is 1. The van der Waals surface area contributed by atoms with Gasteiger partial charge in [0, 0.05) is 42.6 Å². The van der Waals surface area contributed by atoms with Crippen molar-refractivity contribution in [3.05, 3.63) is 41.6 Å². The lowest BCUT2D eigenvalue weighted by molar-refractivity contribution is 0.123. The fourth-order valence-corrected chi connectivity index (χ4v) is 4.13. The van der Waals surface area contributed by atoms with E-state index in [1.807, 2.05) is 18.2 Å². The van der Waals surface area contributed by atoms with E-state index in [0.717, 1.165) is 69.1 Å². The molecule has 0 unspecified atom stereocenters. The maximum atomic E-state index is 9.86. The molecule has 3 heterocycles. The van der Waals surface area contributed by atoms with Crippen molar-refractivity contribution in [3.8, 4) is 11.4 Å².